The van der Waals surface area contributed by atoms with Crippen LogP contribution in [0.1, 0.15) is 52.2 Å². The Morgan fingerprint density at radius 2 is 1.86 bits per heavy atom. The second-order valence-electron chi connectivity index (χ2n) is 7.93. The number of carbonyl (C=O) groups excluding carboxylic acids is 2. The number of fused-ring (bicyclic) bond motifs is 1. The highest BCUT2D eigenvalue weighted by molar-refractivity contribution is 9.10. The van der Waals surface area contributed by atoms with Crippen molar-refractivity contribution in [2.24, 2.45) is 0 Å². The molecule has 2 N–H and O–H groups in total. The maximum Gasteiger partial charge on any atom is 0.276 e. The molecule has 10 heteroatoms. The average molecular weight is 539 g/mol. The first kappa shape index (κ1) is 24.2. The van der Waals surface area contributed by atoms with E-state index in [1.165, 1.54) is 17.1 Å². The highest BCUT2D eigenvalue weighted by atomic mass is 79.9. The van der Waals surface area contributed by atoms with Gasteiger partial charge in [0.05, 0.1) is 17.1 Å². The summed E-state index contributed by atoms with van der Waals surface area (Å²) >= 11 is 3.37. The number of hydrogen-bond donors (Lipinski definition) is 2. The van der Waals surface area contributed by atoms with Gasteiger partial charge in [0.15, 0.2) is 0 Å². The van der Waals surface area contributed by atoms with E-state index in [0.29, 0.717) is 39.2 Å². The third-order valence-corrected chi connectivity index (χ3v) is 6.00. The second kappa shape index (κ2) is 10.6. The summed E-state index contributed by atoms with van der Waals surface area (Å²) in [5.41, 5.74) is 4.50. The van der Waals surface area contributed by atoms with Crippen LogP contribution in [0.3, 0.4) is 0 Å². The van der Waals surface area contributed by atoms with Crippen LogP contribution < -0.4 is 15.5 Å². The predicted molar refractivity (Wildman–Crippen MR) is 134 cm³/mol. The number of nitrogens with one attached hydrogen (secondary N) is 2. The first-order valence-corrected chi connectivity index (χ1v) is 11.8. The van der Waals surface area contributed by atoms with E-state index in [9.17, 15) is 19.7 Å². The minimum absolute atomic E-state index is 0.0722. The van der Waals surface area contributed by atoms with E-state index >= 15 is 0 Å². The molecule has 35 heavy (non-hydrogen) atoms. The number of anilines is 1. The largest absolute Gasteiger partial charge is 0.494 e. The van der Waals surface area contributed by atoms with E-state index in [-0.39, 0.29) is 5.69 Å². The zero-order valence-electron chi connectivity index (χ0n) is 18.9. The van der Waals surface area contributed by atoms with Gasteiger partial charge in [-0.2, -0.15) is 0 Å². The molecule has 0 aliphatic carbocycles. The standard InChI is InChI=1S/C25H23BrN4O5/c1-2-3-14-35-20-11-6-17(7-12-20)24(31)28-29-23(16-4-9-19(10-5-16)30(33)34)27-22-13-8-18(26)15-21(22)25(29)32/h4-13,15,23,27H,2-3,14H2,1H3,(H,28,31)/t23-/m1/s1. The van der Waals surface area contributed by atoms with Crippen LogP contribution in [0.4, 0.5) is 11.4 Å². The number of amides is 2. The fraction of sp³-hybridized carbons (Fsp3) is 0.200. The molecule has 1 atom stereocenters. The average Bonchev–Trinajstić information content (AvgIpc) is 2.86. The SMILES string of the molecule is CCCCOc1ccc(C(=O)NN2C(=O)c3cc(Br)ccc3N[C@H]2c2ccc([N+](=O)[O-])cc2)cc1. The first-order chi connectivity index (χ1) is 16.9. The van der Waals surface area contributed by atoms with Crippen LogP contribution in [0, 0.1) is 10.1 Å². The number of carbonyl (C=O) groups is 2. The molecule has 2 amide bonds. The lowest BCUT2D eigenvalue weighted by molar-refractivity contribution is -0.384. The summed E-state index contributed by atoms with van der Waals surface area (Å²) in [5, 5.41) is 15.5. The van der Waals surface area contributed by atoms with E-state index in [1.807, 2.05) is 0 Å². The predicted octanol–water partition coefficient (Wildman–Crippen LogP) is 5.45. The van der Waals surface area contributed by atoms with Crippen molar-refractivity contribution in [1.29, 1.82) is 0 Å². The zero-order valence-corrected chi connectivity index (χ0v) is 20.4. The Hall–Kier alpha value is -3.92. The molecular formula is C25H23BrN4O5. The highest BCUT2D eigenvalue weighted by Crippen LogP contribution is 2.34. The van der Waals surface area contributed by atoms with Gasteiger partial charge < -0.3 is 10.1 Å². The normalized spacial score (nSPS) is 14.6. The third kappa shape index (κ3) is 5.43. The van der Waals surface area contributed by atoms with Crippen molar-refractivity contribution in [3.8, 4) is 5.75 Å². The number of nitro groups is 1. The van der Waals surface area contributed by atoms with Gasteiger partial charge in [0.25, 0.3) is 17.5 Å². The number of non-ortho nitro benzene ring substituents is 1. The molecule has 0 saturated heterocycles. The van der Waals surface area contributed by atoms with Crippen molar-refractivity contribution >= 4 is 39.1 Å². The highest BCUT2D eigenvalue weighted by Gasteiger charge is 2.35. The van der Waals surface area contributed by atoms with Crippen molar-refractivity contribution in [3.05, 3.63) is 98.0 Å². The summed E-state index contributed by atoms with van der Waals surface area (Å²) in [5.74, 6) is -0.241. The molecular weight excluding hydrogens is 516 g/mol. The Morgan fingerprint density at radius 1 is 1.14 bits per heavy atom. The topological polar surface area (TPSA) is 114 Å². The van der Waals surface area contributed by atoms with Crippen molar-refractivity contribution in [2.75, 3.05) is 11.9 Å². The maximum atomic E-state index is 13.4. The molecule has 3 aromatic carbocycles. The summed E-state index contributed by atoms with van der Waals surface area (Å²) < 4.78 is 6.35. The fourth-order valence-electron chi connectivity index (χ4n) is 3.62. The van der Waals surface area contributed by atoms with Gasteiger partial charge in [-0.3, -0.25) is 25.1 Å². The van der Waals surface area contributed by atoms with E-state index in [0.717, 1.165) is 12.8 Å². The molecule has 9 nitrogen and oxygen atoms in total. The Labute approximate surface area is 210 Å². The van der Waals surface area contributed by atoms with Gasteiger partial charge in [-0.05, 0) is 66.6 Å². The van der Waals surface area contributed by atoms with Crippen LogP contribution in [0.15, 0.2) is 71.2 Å². The number of benzene rings is 3. The lowest BCUT2D eigenvalue weighted by Gasteiger charge is -2.37. The van der Waals surface area contributed by atoms with Gasteiger partial charge >= 0.3 is 0 Å². The Kier molecular flexibility index (Phi) is 7.31. The lowest BCUT2D eigenvalue weighted by atomic mass is 10.0. The van der Waals surface area contributed by atoms with Crippen LogP contribution in [-0.4, -0.2) is 28.4 Å². The van der Waals surface area contributed by atoms with E-state index in [1.54, 1.807) is 54.6 Å². The molecule has 3 aromatic rings. The van der Waals surface area contributed by atoms with E-state index in [2.05, 4.69) is 33.6 Å². The molecule has 0 spiro atoms. The number of ether oxygens (including phenoxy) is 1. The molecule has 1 aliphatic rings. The Balaban J connectivity index is 1.60. The van der Waals surface area contributed by atoms with Crippen LogP contribution in [-0.2, 0) is 0 Å². The molecule has 4 rings (SSSR count). The van der Waals surface area contributed by atoms with Crippen molar-refractivity contribution < 1.29 is 19.2 Å². The van der Waals surface area contributed by atoms with Gasteiger partial charge in [0.1, 0.15) is 11.9 Å². The van der Waals surface area contributed by atoms with Crippen LogP contribution in [0.5, 0.6) is 5.75 Å². The number of nitro benzene ring substituents is 1. The molecule has 0 saturated carbocycles. The van der Waals surface area contributed by atoms with Gasteiger partial charge in [0, 0.05) is 27.9 Å². The summed E-state index contributed by atoms with van der Waals surface area (Å²) in [6, 6.07) is 17.7. The van der Waals surface area contributed by atoms with Crippen molar-refractivity contribution in [1.82, 2.24) is 10.4 Å². The number of hydrogen-bond acceptors (Lipinski definition) is 6. The second-order valence-corrected chi connectivity index (χ2v) is 8.84. The summed E-state index contributed by atoms with van der Waals surface area (Å²) in [6.07, 6.45) is 1.18. The number of nitrogens with zero attached hydrogens (tertiary/aromatic N) is 2. The van der Waals surface area contributed by atoms with Crippen molar-refractivity contribution in [2.45, 2.75) is 25.9 Å². The molecule has 0 unspecified atom stereocenters. The fourth-order valence-corrected chi connectivity index (χ4v) is 3.98. The number of unbranched alkanes of at least 4 members (excludes halogenated alkanes) is 1. The van der Waals surface area contributed by atoms with Crippen LogP contribution >= 0.6 is 15.9 Å². The minimum Gasteiger partial charge on any atom is -0.494 e. The lowest BCUT2D eigenvalue weighted by Crippen LogP contribution is -2.52. The quantitative estimate of drug-likeness (QED) is 0.224. The summed E-state index contributed by atoms with van der Waals surface area (Å²) in [7, 11) is 0. The van der Waals surface area contributed by atoms with Gasteiger partial charge in [-0.25, -0.2) is 5.01 Å². The number of halogens is 1. The van der Waals surface area contributed by atoms with E-state index < -0.39 is 22.9 Å². The Morgan fingerprint density at radius 3 is 2.51 bits per heavy atom. The monoisotopic (exact) mass is 538 g/mol. The number of hydrazine groups is 1. The van der Waals surface area contributed by atoms with Crippen LogP contribution in [0.25, 0.3) is 0 Å². The molecule has 0 aromatic heterocycles. The van der Waals surface area contributed by atoms with Crippen molar-refractivity contribution in [3.63, 3.8) is 0 Å². The van der Waals surface area contributed by atoms with Gasteiger partial charge in [-0.15, -0.1) is 0 Å². The van der Waals surface area contributed by atoms with Gasteiger partial charge in [0.2, 0.25) is 0 Å². The summed E-state index contributed by atoms with van der Waals surface area (Å²) in [6.45, 7) is 2.68. The molecule has 1 heterocycles. The first-order valence-electron chi connectivity index (χ1n) is 11.0. The summed E-state index contributed by atoms with van der Waals surface area (Å²) in [4.78, 5) is 37.0. The molecule has 1 aliphatic heterocycles. The zero-order chi connectivity index (χ0) is 24.9. The van der Waals surface area contributed by atoms with Crippen LogP contribution in [0.2, 0.25) is 0 Å². The Bertz CT molecular complexity index is 1250. The molecule has 180 valence electrons. The molecule has 0 radical (unpaired) electrons. The maximum absolute atomic E-state index is 13.4. The molecule has 0 fully saturated rings. The number of rotatable bonds is 8. The third-order valence-electron chi connectivity index (χ3n) is 5.51. The van der Waals surface area contributed by atoms with E-state index in [4.69, 9.17) is 4.74 Å². The van der Waals surface area contributed by atoms with Gasteiger partial charge in [-0.1, -0.05) is 29.3 Å². The molecule has 0 bridgehead atoms. The minimum atomic E-state index is -0.780. The smallest absolute Gasteiger partial charge is 0.276 e.